The van der Waals surface area contributed by atoms with Gasteiger partial charge in [-0.25, -0.2) is 0 Å². The van der Waals surface area contributed by atoms with E-state index in [1.165, 1.54) is 19.3 Å². The Morgan fingerprint density at radius 1 is 1.50 bits per heavy atom. The maximum absolute atomic E-state index is 2.27. The predicted molar refractivity (Wildman–Crippen MR) is 38.7 cm³/mol. The lowest BCUT2D eigenvalue weighted by Crippen LogP contribution is -1.90. The molecule has 1 unspecified atom stereocenters. The summed E-state index contributed by atoms with van der Waals surface area (Å²) < 4.78 is 0. The van der Waals surface area contributed by atoms with Crippen molar-refractivity contribution in [3.63, 3.8) is 0 Å². The average Bonchev–Trinajstić information content (AvgIpc) is 1.83. The first-order valence-electron chi connectivity index (χ1n) is 3.60. The molecule has 0 aliphatic carbocycles. The SMILES string of the molecule is C[CH-]C(C)CCCC. The summed E-state index contributed by atoms with van der Waals surface area (Å²) in [5, 5.41) is 0. The van der Waals surface area contributed by atoms with Gasteiger partial charge in [0.2, 0.25) is 0 Å². The van der Waals surface area contributed by atoms with E-state index < -0.39 is 0 Å². The van der Waals surface area contributed by atoms with E-state index in [4.69, 9.17) is 0 Å². The van der Waals surface area contributed by atoms with Crippen LogP contribution in [0, 0.1) is 12.3 Å². The molecular weight excluding hydrogens is 96.1 g/mol. The number of unbranched alkanes of at least 4 members (excludes halogenated alkanes) is 1. The molecule has 0 aromatic heterocycles. The lowest BCUT2D eigenvalue weighted by molar-refractivity contribution is 0.567. The van der Waals surface area contributed by atoms with E-state index in [1.807, 2.05) is 0 Å². The summed E-state index contributed by atoms with van der Waals surface area (Å²) >= 11 is 0. The zero-order chi connectivity index (χ0) is 6.41. The molecule has 8 heavy (non-hydrogen) atoms. The van der Waals surface area contributed by atoms with Gasteiger partial charge in [0.15, 0.2) is 0 Å². The molecule has 0 fully saturated rings. The van der Waals surface area contributed by atoms with Crippen molar-refractivity contribution in [2.75, 3.05) is 0 Å². The Morgan fingerprint density at radius 3 is 2.50 bits per heavy atom. The molecule has 0 aliphatic rings. The van der Waals surface area contributed by atoms with Crippen LogP contribution in [0.5, 0.6) is 0 Å². The topological polar surface area (TPSA) is 0 Å². The monoisotopic (exact) mass is 113 g/mol. The third kappa shape index (κ3) is 4.17. The van der Waals surface area contributed by atoms with Gasteiger partial charge in [0.05, 0.1) is 0 Å². The van der Waals surface area contributed by atoms with Crippen LogP contribution in [0.25, 0.3) is 0 Å². The third-order valence-electron chi connectivity index (χ3n) is 1.58. The second kappa shape index (κ2) is 5.14. The quantitative estimate of drug-likeness (QED) is 0.491. The van der Waals surface area contributed by atoms with Crippen molar-refractivity contribution in [1.82, 2.24) is 0 Å². The number of hydrogen-bond donors (Lipinski definition) is 0. The summed E-state index contributed by atoms with van der Waals surface area (Å²) in [6.45, 7) is 6.65. The van der Waals surface area contributed by atoms with Gasteiger partial charge in [-0.3, -0.25) is 0 Å². The molecule has 0 heteroatoms. The summed E-state index contributed by atoms with van der Waals surface area (Å²) in [6.07, 6.45) is 6.35. The summed E-state index contributed by atoms with van der Waals surface area (Å²) in [5.41, 5.74) is 0. The summed E-state index contributed by atoms with van der Waals surface area (Å²) in [7, 11) is 0. The minimum atomic E-state index is 0.829. The molecule has 0 rings (SSSR count). The molecular formula is C8H17-. The van der Waals surface area contributed by atoms with Gasteiger partial charge in [0, 0.05) is 0 Å². The summed E-state index contributed by atoms with van der Waals surface area (Å²) in [4.78, 5) is 0. The smallest absolute Gasteiger partial charge is 0.0558 e. The molecule has 0 N–H and O–H groups in total. The predicted octanol–water partition coefficient (Wildman–Crippen LogP) is 3.04. The molecule has 0 saturated carbocycles. The molecule has 0 amide bonds. The zero-order valence-corrected chi connectivity index (χ0v) is 6.28. The standard InChI is InChI=1S/C8H17/c1-4-6-7-8(3)5-2/h5,8H,4,6-7H2,1-3H3/q-1. The van der Waals surface area contributed by atoms with Crippen LogP contribution in [0.1, 0.15) is 40.0 Å². The fourth-order valence-electron chi connectivity index (χ4n) is 0.693. The van der Waals surface area contributed by atoms with E-state index in [1.54, 1.807) is 0 Å². The Bertz CT molecular complexity index is 39.3. The molecule has 0 spiro atoms. The summed E-state index contributed by atoms with van der Waals surface area (Å²) in [5.74, 6) is 0.829. The Hall–Kier alpha value is 0. The fraction of sp³-hybridized carbons (Fsp3) is 0.875. The van der Waals surface area contributed by atoms with E-state index >= 15 is 0 Å². The molecule has 50 valence electrons. The van der Waals surface area contributed by atoms with Crippen molar-refractivity contribution in [3.05, 3.63) is 6.42 Å². The highest BCUT2D eigenvalue weighted by Crippen LogP contribution is 2.08. The van der Waals surface area contributed by atoms with Crippen LogP contribution in [-0.2, 0) is 0 Å². The maximum atomic E-state index is 2.27. The number of rotatable bonds is 4. The van der Waals surface area contributed by atoms with E-state index in [0.717, 1.165) is 5.92 Å². The molecule has 0 nitrogen and oxygen atoms in total. The van der Waals surface area contributed by atoms with E-state index in [2.05, 4.69) is 27.2 Å². The van der Waals surface area contributed by atoms with Gasteiger partial charge in [-0.15, -0.1) is 0 Å². The van der Waals surface area contributed by atoms with Crippen LogP contribution in [0.2, 0.25) is 0 Å². The second-order valence-corrected chi connectivity index (χ2v) is 2.45. The minimum Gasteiger partial charge on any atom is -0.329 e. The second-order valence-electron chi connectivity index (χ2n) is 2.45. The normalized spacial score (nSPS) is 13.9. The lowest BCUT2D eigenvalue weighted by Gasteiger charge is -2.14. The van der Waals surface area contributed by atoms with E-state index in [9.17, 15) is 0 Å². The third-order valence-corrected chi connectivity index (χ3v) is 1.58. The molecule has 0 aliphatic heterocycles. The van der Waals surface area contributed by atoms with Crippen LogP contribution < -0.4 is 0 Å². The van der Waals surface area contributed by atoms with Crippen LogP contribution in [0.4, 0.5) is 0 Å². The van der Waals surface area contributed by atoms with Gasteiger partial charge < -0.3 is 6.42 Å². The van der Waals surface area contributed by atoms with Crippen molar-refractivity contribution in [2.45, 2.75) is 40.0 Å². The van der Waals surface area contributed by atoms with Gasteiger partial charge in [-0.2, -0.15) is 12.8 Å². The first-order valence-corrected chi connectivity index (χ1v) is 3.60. The van der Waals surface area contributed by atoms with Gasteiger partial charge in [0.1, 0.15) is 0 Å². The first-order chi connectivity index (χ1) is 3.81. The highest BCUT2D eigenvalue weighted by Gasteiger charge is 1.86. The van der Waals surface area contributed by atoms with Gasteiger partial charge in [-0.05, 0) is 0 Å². The van der Waals surface area contributed by atoms with Crippen LogP contribution >= 0.6 is 0 Å². The highest BCUT2D eigenvalue weighted by molar-refractivity contribution is 4.65. The zero-order valence-electron chi connectivity index (χ0n) is 6.28. The molecule has 1 atom stereocenters. The molecule has 0 saturated heterocycles. The van der Waals surface area contributed by atoms with Crippen molar-refractivity contribution >= 4 is 0 Å². The summed E-state index contributed by atoms with van der Waals surface area (Å²) in [6, 6.07) is 0. The largest absolute Gasteiger partial charge is 0.329 e. The van der Waals surface area contributed by atoms with Crippen molar-refractivity contribution < 1.29 is 0 Å². The molecule has 0 radical (unpaired) electrons. The van der Waals surface area contributed by atoms with E-state index in [-0.39, 0.29) is 0 Å². The Morgan fingerprint density at radius 2 is 2.12 bits per heavy atom. The fourth-order valence-corrected chi connectivity index (χ4v) is 0.693. The molecule has 0 bridgehead atoms. The minimum absolute atomic E-state index is 0.829. The van der Waals surface area contributed by atoms with Gasteiger partial charge >= 0.3 is 0 Å². The van der Waals surface area contributed by atoms with Crippen molar-refractivity contribution in [2.24, 2.45) is 5.92 Å². The van der Waals surface area contributed by atoms with E-state index in [0.29, 0.717) is 0 Å². The van der Waals surface area contributed by atoms with Crippen LogP contribution in [0.15, 0.2) is 0 Å². The van der Waals surface area contributed by atoms with Crippen molar-refractivity contribution in [3.8, 4) is 0 Å². The maximum Gasteiger partial charge on any atom is -0.0558 e. The first kappa shape index (κ1) is 8.00. The Kier molecular flexibility index (Phi) is 5.14. The average molecular weight is 113 g/mol. The lowest BCUT2D eigenvalue weighted by atomic mass is 10.0. The number of hydrogen-bond acceptors (Lipinski definition) is 0. The Labute approximate surface area is 53.3 Å². The highest BCUT2D eigenvalue weighted by atomic mass is 14.0. The Balaban J connectivity index is 2.86. The van der Waals surface area contributed by atoms with Gasteiger partial charge in [0.25, 0.3) is 0 Å². The van der Waals surface area contributed by atoms with Gasteiger partial charge in [-0.1, -0.05) is 33.1 Å². The van der Waals surface area contributed by atoms with Crippen LogP contribution in [-0.4, -0.2) is 0 Å². The molecule has 0 aromatic carbocycles. The molecule has 0 heterocycles. The molecule has 0 aromatic rings. The van der Waals surface area contributed by atoms with Crippen LogP contribution in [0.3, 0.4) is 0 Å². The van der Waals surface area contributed by atoms with Crippen molar-refractivity contribution in [1.29, 1.82) is 0 Å².